The van der Waals surface area contributed by atoms with E-state index in [1.165, 1.54) is 0 Å². The van der Waals surface area contributed by atoms with E-state index in [1.54, 1.807) is 0 Å². The molecular formula is C11H12Br2ClNO. The van der Waals surface area contributed by atoms with E-state index < -0.39 is 0 Å². The van der Waals surface area contributed by atoms with Crippen molar-refractivity contribution in [2.45, 2.75) is 19.3 Å². The van der Waals surface area contributed by atoms with Crippen molar-refractivity contribution < 1.29 is 4.79 Å². The van der Waals surface area contributed by atoms with Crippen molar-refractivity contribution in [2.24, 2.45) is 0 Å². The van der Waals surface area contributed by atoms with Crippen LogP contribution in [0, 0.1) is 0 Å². The number of hydrogen-bond acceptors (Lipinski definition) is 1. The van der Waals surface area contributed by atoms with E-state index in [0.29, 0.717) is 12.3 Å². The van der Waals surface area contributed by atoms with E-state index in [9.17, 15) is 4.79 Å². The summed E-state index contributed by atoms with van der Waals surface area (Å²) in [6, 6.07) is 5.66. The number of nitrogens with one attached hydrogen (secondary N) is 1. The average molecular weight is 369 g/mol. The topological polar surface area (TPSA) is 29.1 Å². The second-order valence-electron chi connectivity index (χ2n) is 3.32. The zero-order valence-corrected chi connectivity index (χ0v) is 12.5. The van der Waals surface area contributed by atoms with Crippen LogP contribution >= 0.6 is 43.5 Å². The van der Waals surface area contributed by atoms with Gasteiger partial charge in [0.1, 0.15) is 0 Å². The Morgan fingerprint density at radius 1 is 1.31 bits per heavy atom. The molecule has 2 nitrogen and oxygen atoms in total. The van der Waals surface area contributed by atoms with Crippen LogP contribution < -0.4 is 5.32 Å². The standard InChI is InChI=1S/C11H12Br2ClNO/c12-8-4-5-9(13)10(7-8)15-11(16)3-1-2-6-14/h4-5,7H,1-3,6H2,(H,15,16). The molecule has 5 heteroatoms. The minimum absolute atomic E-state index is 0.0175. The number of hydrogen-bond donors (Lipinski definition) is 1. The molecule has 0 radical (unpaired) electrons. The van der Waals surface area contributed by atoms with Crippen molar-refractivity contribution >= 4 is 55.1 Å². The fraction of sp³-hybridized carbons (Fsp3) is 0.364. The molecule has 0 aliphatic rings. The number of halogens is 3. The number of anilines is 1. The highest BCUT2D eigenvalue weighted by molar-refractivity contribution is 9.11. The van der Waals surface area contributed by atoms with E-state index >= 15 is 0 Å². The number of benzene rings is 1. The predicted octanol–water partition coefficient (Wildman–Crippen LogP) is 4.56. The molecule has 88 valence electrons. The van der Waals surface area contributed by atoms with Gasteiger partial charge in [0, 0.05) is 21.2 Å². The van der Waals surface area contributed by atoms with E-state index in [1.807, 2.05) is 18.2 Å². The molecule has 0 aliphatic carbocycles. The van der Waals surface area contributed by atoms with Crippen LogP contribution in [0.5, 0.6) is 0 Å². The first-order valence-electron chi connectivity index (χ1n) is 4.94. The minimum atomic E-state index is 0.0175. The van der Waals surface area contributed by atoms with Crippen LogP contribution in [0.25, 0.3) is 0 Å². The third kappa shape index (κ3) is 4.85. The highest BCUT2D eigenvalue weighted by Crippen LogP contribution is 2.26. The van der Waals surface area contributed by atoms with Crippen molar-refractivity contribution in [3.8, 4) is 0 Å². The van der Waals surface area contributed by atoms with Gasteiger partial charge in [-0.05, 0) is 47.0 Å². The second kappa shape index (κ2) is 7.30. The number of carbonyl (C=O) groups excluding carboxylic acids is 1. The van der Waals surface area contributed by atoms with Gasteiger partial charge < -0.3 is 5.32 Å². The third-order valence-corrected chi connectivity index (χ3v) is 3.44. The van der Waals surface area contributed by atoms with Crippen molar-refractivity contribution in [1.82, 2.24) is 0 Å². The summed E-state index contributed by atoms with van der Waals surface area (Å²) < 4.78 is 1.81. The molecule has 0 atom stereocenters. The monoisotopic (exact) mass is 367 g/mol. The Morgan fingerprint density at radius 2 is 2.06 bits per heavy atom. The van der Waals surface area contributed by atoms with Gasteiger partial charge in [-0.3, -0.25) is 4.79 Å². The van der Waals surface area contributed by atoms with Gasteiger partial charge in [-0.25, -0.2) is 0 Å². The number of carbonyl (C=O) groups is 1. The molecule has 1 aromatic carbocycles. The number of alkyl halides is 1. The molecule has 0 unspecified atom stereocenters. The van der Waals surface area contributed by atoms with Gasteiger partial charge in [0.25, 0.3) is 0 Å². The lowest BCUT2D eigenvalue weighted by atomic mass is 10.2. The van der Waals surface area contributed by atoms with Crippen molar-refractivity contribution in [1.29, 1.82) is 0 Å². The Bertz CT molecular complexity index is 371. The molecule has 0 bridgehead atoms. The van der Waals surface area contributed by atoms with E-state index in [4.69, 9.17) is 11.6 Å². The van der Waals surface area contributed by atoms with Gasteiger partial charge in [-0.15, -0.1) is 11.6 Å². The maximum atomic E-state index is 11.6. The first-order chi connectivity index (χ1) is 7.63. The van der Waals surface area contributed by atoms with Gasteiger partial charge in [0.05, 0.1) is 5.69 Å². The number of amides is 1. The van der Waals surface area contributed by atoms with Crippen LogP contribution in [0.4, 0.5) is 5.69 Å². The Hall–Kier alpha value is -0.0600. The zero-order valence-electron chi connectivity index (χ0n) is 8.60. The number of unbranched alkanes of at least 4 members (excludes halogenated alkanes) is 1. The summed E-state index contributed by atoms with van der Waals surface area (Å²) in [7, 11) is 0. The first kappa shape index (κ1) is 14.0. The first-order valence-corrected chi connectivity index (χ1v) is 7.06. The smallest absolute Gasteiger partial charge is 0.224 e. The summed E-state index contributed by atoms with van der Waals surface area (Å²) in [4.78, 5) is 11.6. The van der Waals surface area contributed by atoms with Crippen molar-refractivity contribution in [3.63, 3.8) is 0 Å². The van der Waals surface area contributed by atoms with Crippen molar-refractivity contribution in [3.05, 3.63) is 27.1 Å². The molecule has 0 spiro atoms. The molecule has 0 aromatic heterocycles. The van der Waals surface area contributed by atoms with Gasteiger partial charge in [0.2, 0.25) is 5.91 Å². The molecule has 16 heavy (non-hydrogen) atoms. The van der Waals surface area contributed by atoms with Crippen LogP contribution in [-0.4, -0.2) is 11.8 Å². The summed E-state index contributed by atoms with van der Waals surface area (Å²) in [6.45, 7) is 0. The fourth-order valence-corrected chi connectivity index (χ4v) is 2.08. The minimum Gasteiger partial charge on any atom is -0.325 e. The van der Waals surface area contributed by atoms with Crippen LogP contribution in [0.2, 0.25) is 0 Å². The maximum absolute atomic E-state index is 11.6. The second-order valence-corrected chi connectivity index (χ2v) is 5.47. The Morgan fingerprint density at radius 3 is 2.75 bits per heavy atom. The largest absolute Gasteiger partial charge is 0.325 e. The van der Waals surface area contributed by atoms with E-state index in [2.05, 4.69) is 37.2 Å². The van der Waals surface area contributed by atoms with Gasteiger partial charge >= 0.3 is 0 Å². The van der Waals surface area contributed by atoms with E-state index in [0.717, 1.165) is 27.5 Å². The average Bonchev–Trinajstić information content (AvgIpc) is 2.24. The SMILES string of the molecule is O=C(CCCCCl)Nc1cc(Br)ccc1Br. The summed E-state index contributed by atoms with van der Waals surface area (Å²) >= 11 is 12.3. The lowest BCUT2D eigenvalue weighted by Gasteiger charge is -2.07. The molecule has 0 saturated heterocycles. The summed E-state index contributed by atoms with van der Waals surface area (Å²) in [5, 5.41) is 2.85. The van der Waals surface area contributed by atoms with E-state index in [-0.39, 0.29) is 5.91 Å². The molecule has 1 rings (SSSR count). The Balaban J connectivity index is 2.52. The lowest BCUT2D eigenvalue weighted by molar-refractivity contribution is -0.116. The lowest BCUT2D eigenvalue weighted by Crippen LogP contribution is -2.11. The van der Waals surface area contributed by atoms with Gasteiger partial charge in [-0.2, -0.15) is 0 Å². The fourth-order valence-electron chi connectivity index (χ4n) is 1.19. The van der Waals surface area contributed by atoms with Crippen LogP contribution in [-0.2, 0) is 4.79 Å². The normalized spacial score (nSPS) is 10.2. The van der Waals surface area contributed by atoms with Gasteiger partial charge in [0.15, 0.2) is 0 Å². The van der Waals surface area contributed by atoms with Crippen LogP contribution in [0.3, 0.4) is 0 Å². The zero-order chi connectivity index (χ0) is 12.0. The summed E-state index contributed by atoms with van der Waals surface area (Å²) in [5.41, 5.74) is 0.783. The van der Waals surface area contributed by atoms with Crippen LogP contribution in [0.15, 0.2) is 27.1 Å². The molecular weight excluding hydrogens is 357 g/mol. The summed E-state index contributed by atoms with van der Waals surface area (Å²) in [5.74, 6) is 0.623. The maximum Gasteiger partial charge on any atom is 0.224 e. The van der Waals surface area contributed by atoms with Crippen LogP contribution in [0.1, 0.15) is 19.3 Å². The predicted molar refractivity (Wildman–Crippen MR) is 75.0 cm³/mol. The molecule has 1 N–H and O–H groups in total. The summed E-state index contributed by atoms with van der Waals surface area (Å²) in [6.07, 6.45) is 2.20. The molecule has 1 amide bonds. The molecule has 1 aromatic rings. The quantitative estimate of drug-likeness (QED) is 0.598. The number of rotatable bonds is 5. The molecule has 0 saturated carbocycles. The highest BCUT2D eigenvalue weighted by atomic mass is 79.9. The molecule has 0 aliphatic heterocycles. The Labute approximate surface area is 117 Å². The molecule has 0 heterocycles. The van der Waals surface area contributed by atoms with Gasteiger partial charge in [-0.1, -0.05) is 15.9 Å². The third-order valence-electron chi connectivity index (χ3n) is 1.99. The highest BCUT2D eigenvalue weighted by Gasteiger charge is 2.05. The van der Waals surface area contributed by atoms with Crippen molar-refractivity contribution in [2.75, 3.05) is 11.2 Å². The Kier molecular flexibility index (Phi) is 6.39. The molecule has 0 fully saturated rings.